The maximum atomic E-state index is 12.2. The molecule has 2 aromatic carbocycles. The van der Waals surface area contributed by atoms with Crippen LogP contribution in [-0.2, 0) is 28.9 Å². The summed E-state index contributed by atoms with van der Waals surface area (Å²) >= 11 is 0. The molecule has 1 amide bonds. The number of nitrogens with one attached hydrogen (secondary N) is 1. The molecule has 0 fully saturated rings. The lowest BCUT2D eigenvalue weighted by atomic mass is 10.0. The molecule has 0 heterocycles. The molecule has 3 rings (SSSR count). The number of carbonyl (C=O) groups is 2. The first-order chi connectivity index (χ1) is 17.5. The zero-order chi connectivity index (χ0) is 26.3. The fourth-order valence-corrected chi connectivity index (χ4v) is 3.95. The summed E-state index contributed by atoms with van der Waals surface area (Å²) in [5.74, 6) is 1.10. The third-order valence-electron chi connectivity index (χ3n) is 5.87. The van der Waals surface area contributed by atoms with Crippen LogP contribution in [0.25, 0.3) is 0 Å². The van der Waals surface area contributed by atoms with Crippen LogP contribution in [0.5, 0.6) is 11.5 Å². The highest BCUT2D eigenvalue weighted by molar-refractivity contribution is 6.06. The molecule has 192 valence electrons. The fraction of sp³-hybridized carbons (Fsp3) is 0.355. The number of hydrogen-bond acceptors (Lipinski definition) is 4. The van der Waals surface area contributed by atoms with Crippen molar-refractivity contribution in [2.75, 3.05) is 19.5 Å². The van der Waals surface area contributed by atoms with Gasteiger partial charge in [0.15, 0.2) is 11.5 Å². The van der Waals surface area contributed by atoms with Crippen LogP contribution in [0, 0.1) is 5.92 Å². The van der Waals surface area contributed by atoms with Gasteiger partial charge in [0.05, 0.1) is 20.1 Å². The topological polar surface area (TPSA) is 64.6 Å². The maximum Gasteiger partial charge on any atom is 0.255 e. The van der Waals surface area contributed by atoms with Crippen LogP contribution in [0.4, 0.5) is 5.69 Å². The molecule has 1 atom stereocenters. The van der Waals surface area contributed by atoms with E-state index in [1.54, 1.807) is 44.6 Å². The lowest BCUT2D eigenvalue weighted by Crippen LogP contribution is -2.14. The molecule has 0 radical (unpaired) electrons. The Labute approximate surface area is 215 Å². The van der Waals surface area contributed by atoms with E-state index in [1.807, 2.05) is 24.3 Å². The van der Waals surface area contributed by atoms with Gasteiger partial charge in [-0.3, -0.25) is 4.79 Å². The Morgan fingerprint density at radius 1 is 0.917 bits per heavy atom. The van der Waals surface area contributed by atoms with Gasteiger partial charge in [-0.1, -0.05) is 70.0 Å². The first-order valence-electron chi connectivity index (χ1n) is 12.6. The van der Waals surface area contributed by atoms with Crippen LogP contribution in [0.3, 0.4) is 0 Å². The molecule has 1 unspecified atom stereocenters. The highest BCUT2D eigenvalue weighted by Crippen LogP contribution is 2.31. The predicted molar refractivity (Wildman–Crippen MR) is 148 cm³/mol. The summed E-state index contributed by atoms with van der Waals surface area (Å²) in [6.45, 7) is 6.49. The van der Waals surface area contributed by atoms with E-state index in [4.69, 9.17) is 9.47 Å². The molecule has 0 saturated carbocycles. The van der Waals surface area contributed by atoms with E-state index < -0.39 is 0 Å². The quantitative estimate of drug-likeness (QED) is 0.379. The lowest BCUT2D eigenvalue weighted by molar-refractivity contribution is -0.112. The van der Waals surface area contributed by atoms with Gasteiger partial charge in [0, 0.05) is 11.3 Å². The molecule has 0 spiro atoms. The number of aldehydes is 1. The van der Waals surface area contributed by atoms with Crippen LogP contribution in [0.1, 0.15) is 50.3 Å². The van der Waals surface area contributed by atoms with E-state index in [1.165, 1.54) is 16.7 Å². The van der Waals surface area contributed by atoms with Gasteiger partial charge in [0.25, 0.3) is 5.91 Å². The van der Waals surface area contributed by atoms with Crippen LogP contribution in [0.15, 0.2) is 72.4 Å². The molecule has 0 aliphatic heterocycles. The largest absolute Gasteiger partial charge is 0.493 e. The third-order valence-corrected chi connectivity index (χ3v) is 5.87. The Balaban J connectivity index is 0.000000269. The van der Waals surface area contributed by atoms with Gasteiger partial charge in [-0.25, -0.2) is 0 Å². The molecule has 1 aliphatic rings. The van der Waals surface area contributed by atoms with Crippen molar-refractivity contribution >= 4 is 17.9 Å². The molecule has 0 aromatic heterocycles. The first-order valence-corrected chi connectivity index (χ1v) is 12.6. The average Bonchev–Trinajstić information content (AvgIpc) is 3.16. The van der Waals surface area contributed by atoms with Gasteiger partial charge in [-0.15, -0.1) is 0 Å². The van der Waals surface area contributed by atoms with E-state index in [0.29, 0.717) is 5.57 Å². The zero-order valence-corrected chi connectivity index (χ0v) is 22.2. The Bertz CT molecular complexity index is 1080. The Morgan fingerprint density at radius 3 is 2.11 bits per heavy atom. The van der Waals surface area contributed by atoms with E-state index in [2.05, 4.69) is 38.2 Å². The van der Waals surface area contributed by atoms with Crippen molar-refractivity contribution in [2.24, 2.45) is 5.92 Å². The summed E-state index contributed by atoms with van der Waals surface area (Å²) in [4.78, 5) is 23.1. The van der Waals surface area contributed by atoms with Crippen molar-refractivity contribution in [1.82, 2.24) is 0 Å². The number of methoxy groups -OCH3 is 2. The number of hydrogen-bond donors (Lipinski definition) is 1. The van der Waals surface area contributed by atoms with Crippen LogP contribution in [0.2, 0.25) is 0 Å². The van der Waals surface area contributed by atoms with Gasteiger partial charge < -0.3 is 19.6 Å². The number of rotatable bonds is 10. The van der Waals surface area contributed by atoms with Gasteiger partial charge in [0.2, 0.25) is 0 Å². The second-order valence-electron chi connectivity index (χ2n) is 8.56. The number of aryl methyl sites for hydroxylation is 3. The molecule has 0 saturated heterocycles. The van der Waals surface area contributed by atoms with Crippen LogP contribution in [-0.4, -0.2) is 26.4 Å². The third kappa shape index (κ3) is 8.56. The second-order valence-corrected chi connectivity index (χ2v) is 8.56. The number of allylic oxidation sites excluding steroid dienone is 4. The smallest absolute Gasteiger partial charge is 0.255 e. The Hall–Kier alpha value is -3.60. The number of carbonyl (C=O) groups excluding carboxylic acids is 2. The molecule has 36 heavy (non-hydrogen) atoms. The maximum absolute atomic E-state index is 12.2. The predicted octanol–water partition coefficient (Wildman–Crippen LogP) is 6.66. The lowest BCUT2D eigenvalue weighted by Gasteiger charge is -2.13. The molecule has 2 aromatic rings. The Morgan fingerprint density at radius 2 is 1.56 bits per heavy atom. The summed E-state index contributed by atoms with van der Waals surface area (Å²) in [7, 11) is 3.36. The summed E-state index contributed by atoms with van der Waals surface area (Å²) in [5, 5.41) is 2.85. The Kier molecular flexibility index (Phi) is 12.3. The molecule has 5 heteroatoms. The van der Waals surface area contributed by atoms with Crippen molar-refractivity contribution in [3.63, 3.8) is 0 Å². The van der Waals surface area contributed by atoms with E-state index in [0.717, 1.165) is 55.6 Å². The van der Waals surface area contributed by atoms with Gasteiger partial charge in [-0.2, -0.15) is 0 Å². The molecule has 1 N–H and O–H groups in total. The van der Waals surface area contributed by atoms with E-state index >= 15 is 0 Å². The van der Waals surface area contributed by atoms with Crippen LogP contribution >= 0.6 is 0 Å². The van der Waals surface area contributed by atoms with Crippen molar-refractivity contribution in [2.45, 2.75) is 52.9 Å². The normalized spacial score (nSPS) is 14.1. The fourth-order valence-electron chi connectivity index (χ4n) is 3.95. The zero-order valence-electron chi connectivity index (χ0n) is 22.2. The second kappa shape index (κ2) is 15.4. The first kappa shape index (κ1) is 28.6. The number of benzene rings is 2. The van der Waals surface area contributed by atoms with Crippen molar-refractivity contribution in [3.8, 4) is 11.5 Å². The minimum Gasteiger partial charge on any atom is -0.493 e. The number of amides is 1. The molecular formula is C31H39NO4. The van der Waals surface area contributed by atoms with Crippen LogP contribution < -0.4 is 14.8 Å². The van der Waals surface area contributed by atoms with Crippen molar-refractivity contribution < 1.29 is 19.1 Å². The summed E-state index contributed by atoms with van der Waals surface area (Å²) in [5.41, 5.74) is 5.24. The molecule has 5 nitrogen and oxygen atoms in total. The van der Waals surface area contributed by atoms with Gasteiger partial charge in [-0.05, 0) is 66.3 Å². The van der Waals surface area contributed by atoms with E-state index in [-0.39, 0.29) is 11.8 Å². The number of anilines is 1. The van der Waals surface area contributed by atoms with E-state index in [9.17, 15) is 9.59 Å². The monoisotopic (exact) mass is 489 g/mol. The summed E-state index contributed by atoms with van der Waals surface area (Å²) < 4.78 is 10.6. The van der Waals surface area contributed by atoms with Gasteiger partial charge in [0.1, 0.15) is 6.29 Å². The highest BCUT2D eigenvalue weighted by Gasteiger charge is 2.11. The molecule has 1 aliphatic carbocycles. The minimum atomic E-state index is -0.354. The SMILES string of the molecule is CCCc1cc(OC)c(OC)cc1CC.CCCc1ccc(NC(=O)C2=CC(C=O)C=CC=C2)cc1. The average molecular weight is 490 g/mol. The molecular weight excluding hydrogens is 450 g/mol. The van der Waals surface area contributed by atoms with Crippen molar-refractivity contribution in [1.29, 1.82) is 0 Å². The standard InChI is InChI=1S/C18H19NO2.C13H20O2/c1-2-5-14-8-10-17(11-9-14)19-18(21)16-7-4-3-6-15(12-16)13-20;1-5-7-11-9-13(15-4)12(14-3)8-10(11)6-2/h3-4,6-13,15H,2,5H2,1H3,(H,19,21);8-9H,5-7H2,1-4H3. The highest BCUT2D eigenvalue weighted by atomic mass is 16.5. The minimum absolute atomic E-state index is 0.204. The molecule has 0 bridgehead atoms. The number of ether oxygens (including phenoxy) is 2. The van der Waals surface area contributed by atoms with Crippen molar-refractivity contribution in [3.05, 3.63) is 89.0 Å². The van der Waals surface area contributed by atoms with Gasteiger partial charge >= 0.3 is 0 Å². The summed E-state index contributed by atoms with van der Waals surface area (Å²) in [6.07, 6.45) is 14.9. The summed E-state index contributed by atoms with van der Waals surface area (Å²) in [6, 6.07) is 12.0.